The molecule has 1 rings (SSSR count). The lowest BCUT2D eigenvalue weighted by atomic mass is 9.84. The van der Waals surface area contributed by atoms with Gasteiger partial charge in [-0.05, 0) is 31.6 Å². The predicted octanol–water partition coefficient (Wildman–Crippen LogP) is 1.08. The van der Waals surface area contributed by atoms with Gasteiger partial charge in [0.2, 0.25) is 5.91 Å². The Morgan fingerprint density at radius 1 is 1.38 bits per heavy atom. The third-order valence-corrected chi connectivity index (χ3v) is 2.99. The number of nitrogens with two attached hydrogens (primary N) is 1. The van der Waals surface area contributed by atoms with Gasteiger partial charge in [0.1, 0.15) is 0 Å². The first-order chi connectivity index (χ1) is 7.22. The maximum atomic E-state index is 11.5. The summed E-state index contributed by atoms with van der Waals surface area (Å²) >= 11 is 0. The first-order valence-corrected chi connectivity index (χ1v) is 5.73. The van der Waals surface area contributed by atoms with Gasteiger partial charge < -0.3 is 15.8 Å². The molecule has 0 atom stereocenters. The second-order valence-corrected chi connectivity index (χ2v) is 4.33. The van der Waals surface area contributed by atoms with E-state index >= 15 is 0 Å². The van der Waals surface area contributed by atoms with E-state index < -0.39 is 0 Å². The van der Waals surface area contributed by atoms with Crippen molar-refractivity contribution in [1.82, 2.24) is 5.32 Å². The smallest absolute Gasteiger partial charge is 0.220 e. The van der Waals surface area contributed by atoms with E-state index in [4.69, 9.17) is 10.5 Å². The SMILES string of the molecule is COCCNC(=O)CC1CCC(N)CC1.Cl. The zero-order chi connectivity index (χ0) is 11.1. The molecule has 0 aliphatic heterocycles. The van der Waals surface area contributed by atoms with Gasteiger partial charge in [0.15, 0.2) is 0 Å². The second-order valence-electron chi connectivity index (χ2n) is 4.33. The summed E-state index contributed by atoms with van der Waals surface area (Å²) in [6.07, 6.45) is 4.97. The topological polar surface area (TPSA) is 64.3 Å². The number of carbonyl (C=O) groups is 1. The lowest BCUT2D eigenvalue weighted by molar-refractivity contribution is -0.122. The van der Waals surface area contributed by atoms with Gasteiger partial charge in [-0.2, -0.15) is 0 Å². The van der Waals surface area contributed by atoms with Gasteiger partial charge in [-0.1, -0.05) is 0 Å². The summed E-state index contributed by atoms with van der Waals surface area (Å²) in [6, 6.07) is 0.359. The van der Waals surface area contributed by atoms with E-state index in [2.05, 4.69) is 5.32 Å². The molecule has 0 unspecified atom stereocenters. The minimum absolute atomic E-state index is 0. The molecule has 0 aromatic rings. The van der Waals surface area contributed by atoms with E-state index in [1.165, 1.54) is 0 Å². The van der Waals surface area contributed by atoms with Crippen molar-refractivity contribution in [3.8, 4) is 0 Å². The van der Waals surface area contributed by atoms with E-state index in [0.29, 0.717) is 31.5 Å². The Morgan fingerprint density at radius 3 is 2.56 bits per heavy atom. The van der Waals surface area contributed by atoms with Crippen molar-refractivity contribution in [2.45, 2.75) is 38.1 Å². The molecular weight excluding hydrogens is 228 g/mol. The summed E-state index contributed by atoms with van der Waals surface area (Å²) in [5.74, 6) is 0.680. The highest BCUT2D eigenvalue weighted by molar-refractivity contribution is 5.85. The summed E-state index contributed by atoms with van der Waals surface area (Å²) in [6.45, 7) is 1.20. The first-order valence-electron chi connectivity index (χ1n) is 5.73. The second kappa shape index (κ2) is 8.79. The van der Waals surface area contributed by atoms with Crippen LogP contribution in [0.5, 0.6) is 0 Å². The third kappa shape index (κ3) is 6.30. The fourth-order valence-corrected chi connectivity index (χ4v) is 2.02. The molecule has 96 valence electrons. The molecule has 4 nitrogen and oxygen atoms in total. The molecule has 5 heteroatoms. The van der Waals surface area contributed by atoms with Crippen LogP contribution in [0.2, 0.25) is 0 Å². The number of hydrogen-bond donors (Lipinski definition) is 2. The van der Waals surface area contributed by atoms with Crippen molar-refractivity contribution < 1.29 is 9.53 Å². The van der Waals surface area contributed by atoms with Gasteiger partial charge in [-0.25, -0.2) is 0 Å². The van der Waals surface area contributed by atoms with Gasteiger partial charge in [-0.15, -0.1) is 12.4 Å². The molecule has 1 saturated carbocycles. The van der Waals surface area contributed by atoms with Crippen LogP contribution in [-0.2, 0) is 9.53 Å². The summed E-state index contributed by atoms with van der Waals surface area (Å²) in [7, 11) is 1.63. The van der Waals surface area contributed by atoms with Crippen LogP contribution in [0.1, 0.15) is 32.1 Å². The van der Waals surface area contributed by atoms with E-state index in [-0.39, 0.29) is 18.3 Å². The van der Waals surface area contributed by atoms with Crippen LogP contribution in [0, 0.1) is 5.92 Å². The van der Waals surface area contributed by atoms with Crippen molar-refractivity contribution in [2.24, 2.45) is 11.7 Å². The van der Waals surface area contributed by atoms with Crippen LogP contribution < -0.4 is 11.1 Å². The van der Waals surface area contributed by atoms with Gasteiger partial charge in [0.25, 0.3) is 0 Å². The number of carbonyl (C=O) groups excluding carboxylic acids is 1. The lowest BCUT2D eigenvalue weighted by Gasteiger charge is -2.25. The zero-order valence-electron chi connectivity index (χ0n) is 9.91. The lowest BCUT2D eigenvalue weighted by Crippen LogP contribution is -2.32. The van der Waals surface area contributed by atoms with Crippen LogP contribution in [0.25, 0.3) is 0 Å². The molecule has 1 fully saturated rings. The van der Waals surface area contributed by atoms with Crippen molar-refractivity contribution >= 4 is 18.3 Å². The van der Waals surface area contributed by atoms with Gasteiger partial charge in [0, 0.05) is 26.1 Å². The molecule has 0 bridgehead atoms. The fourth-order valence-electron chi connectivity index (χ4n) is 2.02. The Bertz CT molecular complexity index is 194. The molecular formula is C11H23ClN2O2. The predicted molar refractivity (Wildman–Crippen MR) is 66.7 cm³/mol. The highest BCUT2D eigenvalue weighted by Crippen LogP contribution is 2.25. The molecule has 1 aliphatic rings. The highest BCUT2D eigenvalue weighted by atomic mass is 35.5. The molecule has 0 heterocycles. The zero-order valence-corrected chi connectivity index (χ0v) is 10.7. The van der Waals surface area contributed by atoms with Crippen molar-refractivity contribution in [3.63, 3.8) is 0 Å². The van der Waals surface area contributed by atoms with E-state index in [1.54, 1.807) is 7.11 Å². The fraction of sp³-hybridized carbons (Fsp3) is 0.909. The maximum absolute atomic E-state index is 11.5. The molecule has 16 heavy (non-hydrogen) atoms. The van der Waals surface area contributed by atoms with Crippen LogP contribution in [-0.4, -0.2) is 32.2 Å². The number of halogens is 1. The van der Waals surface area contributed by atoms with E-state index in [0.717, 1.165) is 25.7 Å². The molecule has 1 aliphatic carbocycles. The highest BCUT2D eigenvalue weighted by Gasteiger charge is 2.20. The van der Waals surface area contributed by atoms with Gasteiger partial charge >= 0.3 is 0 Å². The van der Waals surface area contributed by atoms with E-state index in [1.807, 2.05) is 0 Å². The average molecular weight is 251 g/mol. The number of ether oxygens (including phenoxy) is 1. The molecule has 0 radical (unpaired) electrons. The molecule has 1 amide bonds. The first kappa shape index (κ1) is 15.7. The number of rotatable bonds is 5. The Balaban J connectivity index is 0.00000225. The van der Waals surface area contributed by atoms with Crippen LogP contribution >= 0.6 is 12.4 Å². The summed E-state index contributed by atoms with van der Waals surface area (Å²) < 4.78 is 4.87. The summed E-state index contributed by atoms with van der Waals surface area (Å²) in [4.78, 5) is 11.5. The Morgan fingerprint density at radius 2 is 2.00 bits per heavy atom. The quantitative estimate of drug-likeness (QED) is 0.718. The molecule has 0 aromatic carbocycles. The summed E-state index contributed by atoms with van der Waals surface area (Å²) in [5, 5.41) is 2.85. The number of methoxy groups -OCH3 is 1. The minimum atomic E-state index is 0. The molecule has 0 spiro atoms. The third-order valence-electron chi connectivity index (χ3n) is 2.99. The number of hydrogen-bond acceptors (Lipinski definition) is 3. The maximum Gasteiger partial charge on any atom is 0.220 e. The number of amides is 1. The number of nitrogens with one attached hydrogen (secondary N) is 1. The van der Waals surface area contributed by atoms with Crippen molar-refractivity contribution in [1.29, 1.82) is 0 Å². The van der Waals surface area contributed by atoms with Crippen molar-refractivity contribution in [3.05, 3.63) is 0 Å². The normalized spacial score (nSPS) is 24.6. The molecule has 3 N–H and O–H groups in total. The Hall–Kier alpha value is -0.320. The van der Waals surface area contributed by atoms with Crippen LogP contribution in [0.4, 0.5) is 0 Å². The average Bonchev–Trinajstić information content (AvgIpc) is 2.22. The minimum Gasteiger partial charge on any atom is -0.383 e. The van der Waals surface area contributed by atoms with Crippen LogP contribution in [0.15, 0.2) is 0 Å². The van der Waals surface area contributed by atoms with Crippen molar-refractivity contribution in [2.75, 3.05) is 20.3 Å². The largest absolute Gasteiger partial charge is 0.383 e. The van der Waals surface area contributed by atoms with Crippen LogP contribution in [0.3, 0.4) is 0 Å². The van der Waals surface area contributed by atoms with E-state index in [9.17, 15) is 4.79 Å². The molecule has 0 saturated heterocycles. The molecule has 0 aromatic heterocycles. The van der Waals surface area contributed by atoms with Gasteiger partial charge in [-0.3, -0.25) is 4.79 Å². The Kier molecular flexibility index (Phi) is 8.61. The Labute approximate surface area is 104 Å². The monoisotopic (exact) mass is 250 g/mol. The van der Waals surface area contributed by atoms with Gasteiger partial charge in [0.05, 0.1) is 6.61 Å². The summed E-state index contributed by atoms with van der Waals surface area (Å²) in [5.41, 5.74) is 5.81. The standard InChI is InChI=1S/C11H22N2O2.ClH/c1-15-7-6-13-11(14)8-9-2-4-10(12)5-3-9;/h9-10H,2-8,12H2,1H3,(H,13,14);1H.